The summed E-state index contributed by atoms with van der Waals surface area (Å²) < 4.78 is 5.39. The van der Waals surface area contributed by atoms with Gasteiger partial charge in [-0.3, -0.25) is 0 Å². The topological polar surface area (TPSA) is 9.23 Å². The molecule has 2 aromatic carbocycles. The number of methoxy groups -OCH3 is 1. The van der Waals surface area contributed by atoms with E-state index in [0.717, 1.165) is 17.2 Å². The largest absolute Gasteiger partial charge is 0.496 e. The second-order valence-electron chi connectivity index (χ2n) is 4.48. The van der Waals surface area contributed by atoms with Gasteiger partial charge in [0.1, 0.15) is 5.75 Å². The molecule has 1 unspecified atom stereocenters. The zero-order chi connectivity index (χ0) is 13.8. The van der Waals surface area contributed by atoms with Crippen LogP contribution < -0.4 is 4.74 Å². The zero-order valence-electron chi connectivity index (χ0n) is 11.0. The molecule has 0 N–H and O–H groups in total. The number of para-hydroxylation sites is 1. The summed E-state index contributed by atoms with van der Waals surface area (Å²) in [6, 6.07) is 14.1. The Morgan fingerprint density at radius 2 is 1.95 bits per heavy atom. The van der Waals surface area contributed by atoms with Crippen molar-refractivity contribution in [2.45, 2.75) is 18.2 Å². The molecular formula is C16H16BrClO. The first-order chi connectivity index (χ1) is 9.11. The van der Waals surface area contributed by atoms with Gasteiger partial charge in [0.25, 0.3) is 0 Å². The first kappa shape index (κ1) is 14.4. The fraction of sp³-hybridized carbons (Fsp3) is 0.250. The van der Waals surface area contributed by atoms with E-state index in [9.17, 15) is 0 Å². The van der Waals surface area contributed by atoms with Gasteiger partial charge in [0, 0.05) is 9.85 Å². The molecule has 3 heteroatoms. The van der Waals surface area contributed by atoms with Crippen LogP contribution >= 0.6 is 27.5 Å². The molecule has 0 aliphatic rings. The summed E-state index contributed by atoms with van der Waals surface area (Å²) in [5.41, 5.74) is 3.64. The van der Waals surface area contributed by atoms with Crippen molar-refractivity contribution in [1.82, 2.24) is 0 Å². The summed E-state index contributed by atoms with van der Waals surface area (Å²) in [6.07, 6.45) is 0.866. The van der Waals surface area contributed by atoms with Crippen molar-refractivity contribution in [3.63, 3.8) is 0 Å². The number of hydrogen-bond donors (Lipinski definition) is 0. The average Bonchev–Trinajstić information content (AvgIpc) is 2.42. The van der Waals surface area contributed by atoms with Crippen LogP contribution in [-0.4, -0.2) is 7.11 Å². The molecule has 0 amide bonds. The molecule has 100 valence electrons. The maximum Gasteiger partial charge on any atom is 0.122 e. The second kappa shape index (κ2) is 6.44. The van der Waals surface area contributed by atoms with Crippen LogP contribution in [0.15, 0.2) is 42.5 Å². The molecule has 19 heavy (non-hydrogen) atoms. The third-order valence-electron chi connectivity index (χ3n) is 3.17. The lowest BCUT2D eigenvalue weighted by atomic mass is 10.00. The number of alkyl halides is 1. The summed E-state index contributed by atoms with van der Waals surface area (Å²) in [5, 5.41) is 0.769. The van der Waals surface area contributed by atoms with Crippen LogP contribution in [0.4, 0.5) is 0 Å². The van der Waals surface area contributed by atoms with Crippen molar-refractivity contribution < 1.29 is 4.74 Å². The van der Waals surface area contributed by atoms with Crippen LogP contribution in [0.2, 0.25) is 5.02 Å². The van der Waals surface area contributed by atoms with E-state index < -0.39 is 0 Å². The number of aryl methyl sites for hydroxylation is 1. The van der Waals surface area contributed by atoms with Crippen LogP contribution in [0.25, 0.3) is 0 Å². The van der Waals surface area contributed by atoms with E-state index in [1.807, 2.05) is 36.4 Å². The lowest BCUT2D eigenvalue weighted by Gasteiger charge is -2.15. The van der Waals surface area contributed by atoms with E-state index in [2.05, 4.69) is 28.9 Å². The fourth-order valence-corrected chi connectivity index (χ4v) is 3.15. The quantitative estimate of drug-likeness (QED) is 0.684. The third-order valence-corrected chi connectivity index (χ3v) is 4.22. The lowest BCUT2D eigenvalue weighted by Crippen LogP contribution is -2.00. The summed E-state index contributed by atoms with van der Waals surface area (Å²) in [4.78, 5) is 0.225. The van der Waals surface area contributed by atoms with Crippen LogP contribution in [0.1, 0.15) is 21.5 Å². The van der Waals surface area contributed by atoms with Crippen LogP contribution in [0, 0.1) is 6.92 Å². The van der Waals surface area contributed by atoms with Gasteiger partial charge in [-0.05, 0) is 48.2 Å². The Bertz CT molecular complexity index is 568. The molecule has 1 atom stereocenters. The molecule has 0 aliphatic carbocycles. The van der Waals surface area contributed by atoms with Gasteiger partial charge in [0.15, 0.2) is 0 Å². The van der Waals surface area contributed by atoms with Crippen molar-refractivity contribution >= 4 is 27.5 Å². The standard InChI is InChI=1S/C16H16BrClO/c1-11-7-8-13(18)10-14(11)15(17)9-12-5-3-4-6-16(12)19-2/h3-8,10,15H,9H2,1-2H3. The molecule has 1 nitrogen and oxygen atoms in total. The minimum Gasteiger partial charge on any atom is -0.496 e. The van der Waals surface area contributed by atoms with E-state index in [0.29, 0.717) is 0 Å². The van der Waals surface area contributed by atoms with Crippen molar-refractivity contribution in [3.8, 4) is 5.75 Å². The van der Waals surface area contributed by atoms with E-state index in [1.54, 1.807) is 7.11 Å². The summed E-state index contributed by atoms with van der Waals surface area (Å²) >= 11 is 9.83. The smallest absolute Gasteiger partial charge is 0.122 e. The van der Waals surface area contributed by atoms with Gasteiger partial charge in [-0.1, -0.05) is 51.8 Å². The highest BCUT2D eigenvalue weighted by Crippen LogP contribution is 2.33. The monoisotopic (exact) mass is 338 g/mol. The number of hydrogen-bond acceptors (Lipinski definition) is 1. The lowest BCUT2D eigenvalue weighted by molar-refractivity contribution is 0.409. The van der Waals surface area contributed by atoms with Crippen LogP contribution in [0.3, 0.4) is 0 Å². The molecule has 0 radical (unpaired) electrons. The first-order valence-corrected chi connectivity index (χ1v) is 7.43. The predicted molar refractivity (Wildman–Crippen MR) is 84.6 cm³/mol. The van der Waals surface area contributed by atoms with Gasteiger partial charge in [-0.15, -0.1) is 0 Å². The van der Waals surface area contributed by atoms with Gasteiger partial charge in [0.05, 0.1) is 7.11 Å². The van der Waals surface area contributed by atoms with Gasteiger partial charge in [0.2, 0.25) is 0 Å². The predicted octanol–water partition coefficient (Wildman–Crippen LogP) is 5.34. The Morgan fingerprint density at radius 1 is 1.21 bits per heavy atom. The van der Waals surface area contributed by atoms with Gasteiger partial charge in [-0.2, -0.15) is 0 Å². The SMILES string of the molecule is COc1ccccc1CC(Br)c1cc(Cl)ccc1C. The molecule has 0 spiro atoms. The van der Waals surface area contributed by atoms with Crippen LogP contribution in [-0.2, 0) is 6.42 Å². The van der Waals surface area contributed by atoms with E-state index in [1.165, 1.54) is 16.7 Å². The molecule has 2 rings (SSSR count). The maximum absolute atomic E-state index is 6.08. The number of halogens is 2. The molecule has 0 heterocycles. The second-order valence-corrected chi connectivity index (χ2v) is 6.03. The molecule has 2 aromatic rings. The first-order valence-electron chi connectivity index (χ1n) is 6.14. The minimum atomic E-state index is 0.225. The highest BCUT2D eigenvalue weighted by atomic mass is 79.9. The van der Waals surface area contributed by atoms with Gasteiger partial charge >= 0.3 is 0 Å². The Hall–Kier alpha value is -0.990. The fourth-order valence-electron chi connectivity index (χ4n) is 2.12. The van der Waals surface area contributed by atoms with Crippen molar-refractivity contribution in [1.29, 1.82) is 0 Å². The van der Waals surface area contributed by atoms with Gasteiger partial charge in [-0.25, -0.2) is 0 Å². The van der Waals surface area contributed by atoms with E-state index >= 15 is 0 Å². The highest BCUT2D eigenvalue weighted by molar-refractivity contribution is 9.09. The molecular weight excluding hydrogens is 324 g/mol. The van der Waals surface area contributed by atoms with Crippen LogP contribution in [0.5, 0.6) is 5.75 Å². The summed E-state index contributed by atoms with van der Waals surface area (Å²) in [6.45, 7) is 2.10. The molecule has 0 aromatic heterocycles. The van der Waals surface area contributed by atoms with Gasteiger partial charge < -0.3 is 4.74 Å². The normalized spacial score (nSPS) is 12.2. The van der Waals surface area contributed by atoms with Crippen molar-refractivity contribution in [2.24, 2.45) is 0 Å². The summed E-state index contributed by atoms with van der Waals surface area (Å²) in [7, 11) is 1.70. The number of ether oxygens (including phenoxy) is 1. The molecule has 0 saturated carbocycles. The third kappa shape index (κ3) is 3.52. The maximum atomic E-state index is 6.08. The Balaban J connectivity index is 2.25. The average molecular weight is 340 g/mol. The highest BCUT2D eigenvalue weighted by Gasteiger charge is 2.14. The molecule has 0 bridgehead atoms. The van der Waals surface area contributed by atoms with E-state index in [4.69, 9.17) is 16.3 Å². The number of rotatable bonds is 4. The van der Waals surface area contributed by atoms with Crippen molar-refractivity contribution in [3.05, 3.63) is 64.2 Å². The zero-order valence-corrected chi connectivity index (χ0v) is 13.3. The Morgan fingerprint density at radius 3 is 2.68 bits per heavy atom. The Kier molecular flexibility index (Phi) is 4.89. The molecule has 0 fully saturated rings. The molecule has 0 saturated heterocycles. The van der Waals surface area contributed by atoms with E-state index in [-0.39, 0.29) is 4.83 Å². The summed E-state index contributed by atoms with van der Waals surface area (Å²) in [5.74, 6) is 0.923. The minimum absolute atomic E-state index is 0.225. The Labute approximate surface area is 127 Å². The van der Waals surface area contributed by atoms with Crippen molar-refractivity contribution in [2.75, 3.05) is 7.11 Å². The molecule has 0 aliphatic heterocycles. The number of benzene rings is 2.